The SMILES string of the molecule is C=Cc1cnc2cc(Cl)c(F)cc2c1Sc1cccc(OC)c1. The van der Waals surface area contributed by atoms with Gasteiger partial charge in [-0.3, -0.25) is 4.98 Å². The summed E-state index contributed by atoms with van der Waals surface area (Å²) in [4.78, 5) is 6.19. The third-order valence-corrected chi connectivity index (χ3v) is 4.81. The van der Waals surface area contributed by atoms with Crippen LogP contribution in [0.5, 0.6) is 5.75 Å². The van der Waals surface area contributed by atoms with Gasteiger partial charge in [0.2, 0.25) is 0 Å². The molecule has 0 aliphatic heterocycles. The number of pyridine rings is 1. The molecule has 0 fully saturated rings. The molecule has 1 aromatic heterocycles. The summed E-state index contributed by atoms with van der Waals surface area (Å²) in [5, 5.41) is 0.769. The lowest BCUT2D eigenvalue weighted by Gasteiger charge is -2.11. The number of benzene rings is 2. The molecule has 0 unspecified atom stereocenters. The molecule has 5 heteroatoms. The van der Waals surface area contributed by atoms with Crippen LogP contribution in [0.2, 0.25) is 5.02 Å². The van der Waals surface area contributed by atoms with Crippen molar-refractivity contribution >= 4 is 40.3 Å². The van der Waals surface area contributed by atoms with Crippen molar-refractivity contribution in [2.24, 2.45) is 0 Å². The Morgan fingerprint density at radius 2 is 2.13 bits per heavy atom. The number of rotatable bonds is 4. The molecule has 0 atom stereocenters. The van der Waals surface area contributed by atoms with Crippen molar-refractivity contribution in [2.75, 3.05) is 7.11 Å². The Labute approximate surface area is 143 Å². The van der Waals surface area contributed by atoms with Crippen LogP contribution in [0.25, 0.3) is 17.0 Å². The van der Waals surface area contributed by atoms with Gasteiger partial charge >= 0.3 is 0 Å². The summed E-state index contributed by atoms with van der Waals surface area (Å²) in [6.07, 6.45) is 3.42. The number of hydrogen-bond donors (Lipinski definition) is 0. The second-order valence-electron chi connectivity index (χ2n) is 4.81. The fraction of sp³-hybridized carbons (Fsp3) is 0.0556. The molecule has 0 amide bonds. The Morgan fingerprint density at radius 1 is 1.30 bits per heavy atom. The van der Waals surface area contributed by atoms with Crippen LogP contribution in [0.1, 0.15) is 5.56 Å². The van der Waals surface area contributed by atoms with Gasteiger partial charge in [-0.15, -0.1) is 0 Å². The van der Waals surface area contributed by atoms with E-state index in [1.807, 2.05) is 24.3 Å². The minimum Gasteiger partial charge on any atom is -0.497 e. The third-order valence-electron chi connectivity index (χ3n) is 3.37. The van der Waals surface area contributed by atoms with Crippen molar-refractivity contribution in [1.82, 2.24) is 4.98 Å². The third kappa shape index (κ3) is 3.19. The highest BCUT2D eigenvalue weighted by Gasteiger charge is 2.12. The van der Waals surface area contributed by atoms with Gasteiger partial charge in [0.15, 0.2) is 0 Å². The number of nitrogens with zero attached hydrogens (tertiary/aromatic N) is 1. The molecule has 0 N–H and O–H groups in total. The smallest absolute Gasteiger partial charge is 0.142 e. The van der Waals surface area contributed by atoms with Gasteiger partial charge in [-0.25, -0.2) is 4.39 Å². The van der Waals surface area contributed by atoms with Crippen LogP contribution in [0.15, 0.2) is 59.0 Å². The Bertz CT molecular complexity index is 898. The number of fused-ring (bicyclic) bond motifs is 1. The molecule has 23 heavy (non-hydrogen) atoms. The zero-order chi connectivity index (χ0) is 16.4. The van der Waals surface area contributed by atoms with E-state index in [1.165, 1.54) is 23.9 Å². The molecule has 2 aromatic carbocycles. The van der Waals surface area contributed by atoms with Gasteiger partial charge in [0.05, 0.1) is 17.6 Å². The van der Waals surface area contributed by atoms with Gasteiger partial charge in [-0.1, -0.05) is 42.1 Å². The van der Waals surface area contributed by atoms with Crippen molar-refractivity contribution in [2.45, 2.75) is 9.79 Å². The van der Waals surface area contributed by atoms with Crippen LogP contribution in [0.3, 0.4) is 0 Å². The number of ether oxygens (including phenoxy) is 1. The molecule has 0 saturated heterocycles. The monoisotopic (exact) mass is 345 g/mol. The van der Waals surface area contributed by atoms with Crippen LogP contribution < -0.4 is 4.74 Å². The maximum atomic E-state index is 13.9. The Hall–Kier alpha value is -2.04. The van der Waals surface area contributed by atoms with Gasteiger partial charge in [0, 0.05) is 26.9 Å². The molecule has 0 aliphatic carbocycles. The highest BCUT2D eigenvalue weighted by Crippen LogP contribution is 2.38. The van der Waals surface area contributed by atoms with Gasteiger partial charge in [-0.05, 0) is 30.3 Å². The first-order valence-electron chi connectivity index (χ1n) is 6.84. The lowest BCUT2D eigenvalue weighted by atomic mass is 10.1. The van der Waals surface area contributed by atoms with Crippen molar-refractivity contribution in [1.29, 1.82) is 0 Å². The summed E-state index contributed by atoms with van der Waals surface area (Å²) < 4.78 is 19.2. The average Bonchev–Trinajstić information content (AvgIpc) is 2.57. The van der Waals surface area contributed by atoms with E-state index in [9.17, 15) is 4.39 Å². The second kappa shape index (κ2) is 6.60. The van der Waals surface area contributed by atoms with Crippen LogP contribution in [-0.2, 0) is 0 Å². The van der Waals surface area contributed by atoms with Crippen LogP contribution in [0, 0.1) is 5.82 Å². The minimum atomic E-state index is -0.463. The molecule has 2 nitrogen and oxygen atoms in total. The van der Waals surface area contributed by atoms with E-state index < -0.39 is 5.82 Å². The molecule has 0 spiro atoms. The van der Waals surface area contributed by atoms with E-state index in [0.29, 0.717) is 10.9 Å². The van der Waals surface area contributed by atoms with E-state index in [4.69, 9.17) is 16.3 Å². The predicted octanol–water partition coefficient (Wildman–Crippen LogP) is 5.83. The van der Waals surface area contributed by atoms with E-state index in [1.54, 1.807) is 19.4 Å². The molecule has 3 aromatic rings. The summed E-state index contributed by atoms with van der Waals surface area (Å²) in [5.74, 6) is 0.303. The topological polar surface area (TPSA) is 22.1 Å². The van der Waals surface area contributed by atoms with Crippen molar-refractivity contribution < 1.29 is 9.13 Å². The first-order chi connectivity index (χ1) is 11.1. The summed E-state index contributed by atoms with van der Waals surface area (Å²) in [6, 6.07) is 10.6. The molecular weight excluding hydrogens is 333 g/mol. The Balaban J connectivity index is 2.17. The number of aromatic nitrogens is 1. The Kier molecular flexibility index (Phi) is 4.55. The zero-order valence-corrected chi connectivity index (χ0v) is 13.9. The van der Waals surface area contributed by atoms with E-state index in [-0.39, 0.29) is 5.02 Å². The summed E-state index contributed by atoms with van der Waals surface area (Å²) >= 11 is 7.37. The highest BCUT2D eigenvalue weighted by molar-refractivity contribution is 7.99. The molecule has 0 radical (unpaired) electrons. The van der Waals surface area contributed by atoms with Gasteiger partial charge < -0.3 is 4.74 Å². The molecule has 0 aliphatic rings. The fourth-order valence-electron chi connectivity index (χ4n) is 2.22. The number of halogens is 2. The van der Waals surface area contributed by atoms with Crippen LogP contribution >= 0.6 is 23.4 Å². The highest BCUT2D eigenvalue weighted by atomic mass is 35.5. The first kappa shape index (κ1) is 15.8. The van der Waals surface area contributed by atoms with E-state index in [2.05, 4.69) is 11.6 Å². The van der Waals surface area contributed by atoms with Crippen LogP contribution in [0.4, 0.5) is 4.39 Å². The predicted molar refractivity (Wildman–Crippen MR) is 93.9 cm³/mol. The summed E-state index contributed by atoms with van der Waals surface area (Å²) in [6.45, 7) is 3.82. The quantitative estimate of drug-likeness (QED) is 0.594. The van der Waals surface area contributed by atoms with E-state index in [0.717, 1.165) is 21.1 Å². The number of hydrogen-bond acceptors (Lipinski definition) is 3. The molecule has 3 rings (SSSR count). The maximum Gasteiger partial charge on any atom is 0.142 e. The van der Waals surface area contributed by atoms with E-state index >= 15 is 0 Å². The first-order valence-corrected chi connectivity index (χ1v) is 8.04. The summed E-state index contributed by atoms with van der Waals surface area (Å²) in [7, 11) is 1.62. The second-order valence-corrected chi connectivity index (χ2v) is 6.30. The largest absolute Gasteiger partial charge is 0.497 e. The summed E-state index contributed by atoms with van der Waals surface area (Å²) in [5.41, 5.74) is 1.49. The lowest BCUT2D eigenvalue weighted by Crippen LogP contribution is -1.90. The van der Waals surface area contributed by atoms with Gasteiger partial charge in [-0.2, -0.15) is 0 Å². The van der Waals surface area contributed by atoms with Crippen molar-refractivity contribution in [3.63, 3.8) is 0 Å². The minimum absolute atomic E-state index is 0.0636. The normalized spacial score (nSPS) is 10.7. The average molecular weight is 346 g/mol. The molecule has 0 bridgehead atoms. The van der Waals surface area contributed by atoms with Gasteiger partial charge in [0.25, 0.3) is 0 Å². The van der Waals surface area contributed by atoms with Crippen LogP contribution in [-0.4, -0.2) is 12.1 Å². The molecule has 1 heterocycles. The molecular formula is C18H13ClFNOS. The fourth-order valence-corrected chi connectivity index (χ4v) is 3.46. The van der Waals surface area contributed by atoms with Crippen molar-refractivity contribution in [3.05, 3.63) is 65.6 Å². The molecule has 116 valence electrons. The Morgan fingerprint density at radius 3 is 2.87 bits per heavy atom. The lowest BCUT2D eigenvalue weighted by molar-refractivity contribution is 0.413. The van der Waals surface area contributed by atoms with Gasteiger partial charge in [0.1, 0.15) is 11.6 Å². The molecule has 0 saturated carbocycles. The zero-order valence-electron chi connectivity index (χ0n) is 12.3. The number of methoxy groups -OCH3 is 1. The standard InChI is InChI=1S/C18H13ClFNOS/c1-3-11-10-21-17-9-15(19)16(20)8-14(17)18(11)23-13-6-4-5-12(7-13)22-2/h3-10H,1H2,2H3. The maximum absolute atomic E-state index is 13.9. The van der Waals surface area contributed by atoms with Crippen molar-refractivity contribution in [3.8, 4) is 5.75 Å².